The van der Waals surface area contributed by atoms with Gasteiger partial charge in [0.15, 0.2) is 5.95 Å². The first kappa shape index (κ1) is 15.9. The summed E-state index contributed by atoms with van der Waals surface area (Å²) < 4.78 is 14.0. The van der Waals surface area contributed by atoms with Gasteiger partial charge in [-0.1, -0.05) is 0 Å². The van der Waals surface area contributed by atoms with Crippen LogP contribution in [0.25, 0.3) is 11.0 Å². The van der Waals surface area contributed by atoms with Crippen LogP contribution in [0.3, 0.4) is 0 Å². The van der Waals surface area contributed by atoms with Gasteiger partial charge in [-0.2, -0.15) is 4.39 Å². The molecule has 6 N–H and O–H groups in total. The van der Waals surface area contributed by atoms with Crippen molar-refractivity contribution in [2.75, 3.05) is 6.61 Å². The Bertz CT molecular complexity index is 705. The smallest absolute Gasteiger partial charge is 0.275 e. The second-order valence-electron chi connectivity index (χ2n) is 4.72. The van der Waals surface area contributed by atoms with E-state index in [1.807, 2.05) is 0 Å². The van der Waals surface area contributed by atoms with E-state index >= 15 is 0 Å². The summed E-state index contributed by atoms with van der Waals surface area (Å²) in [5.41, 5.74) is -0.537. The summed E-state index contributed by atoms with van der Waals surface area (Å²) in [4.78, 5) is 20.0. The maximum atomic E-state index is 14.0. The lowest BCUT2D eigenvalue weighted by Crippen LogP contribution is -2.35. The van der Waals surface area contributed by atoms with Crippen LogP contribution in [0.4, 0.5) is 4.39 Å². The maximum absolute atomic E-state index is 14.0. The Morgan fingerprint density at radius 3 is 2.67 bits per heavy atom. The van der Waals surface area contributed by atoms with Crippen LogP contribution in [-0.4, -0.2) is 55.1 Å². The number of fused-ring (bicyclic) bond motifs is 1. The molecule has 3 rings (SSSR count). The summed E-state index contributed by atoms with van der Waals surface area (Å²) in [6.45, 7) is -0.410. The van der Waals surface area contributed by atoms with Crippen molar-refractivity contribution < 1.29 is 19.7 Å². The van der Waals surface area contributed by atoms with Crippen molar-refractivity contribution in [3.05, 3.63) is 28.2 Å². The largest absolute Gasteiger partial charge is 0.395 e. The number of nitrogens with zero attached hydrogens (tertiary/aromatic N) is 1. The molecule has 1 unspecified atom stereocenters. The third kappa shape index (κ3) is 2.32. The van der Waals surface area contributed by atoms with Crippen LogP contribution in [0.1, 0.15) is 11.6 Å². The Balaban J connectivity index is 0.00000161. The molecule has 0 spiro atoms. The summed E-state index contributed by atoms with van der Waals surface area (Å²) in [6, 6.07) is -1.74. The van der Waals surface area contributed by atoms with Gasteiger partial charge in [0, 0.05) is 0 Å². The monoisotopic (exact) mass is 320 g/mol. The Labute approximate surface area is 123 Å². The van der Waals surface area contributed by atoms with Gasteiger partial charge < -0.3 is 30.6 Å². The zero-order valence-electron chi connectivity index (χ0n) is 10.6. The number of aromatic amines is 2. The molecule has 10 heteroatoms. The van der Waals surface area contributed by atoms with Gasteiger partial charge in [-0.25, -0.2) is 4.98 Å². The molecule has 0 saturated carbocycles. The first-order chi connectivity index (χ1) is 9.54. The molecule has 0 aromatic carbocycles. The first-order valence-corrected chi connectivity index (χ1v) is 6.02. The van der Waals surface area contributed by atoms with E-state index in [1.165, 1.54) is 0 Å². The van der Waals surface area contributed by atoms with Crippen LogP contribution in [0.15, 0.2) is 11.1 Å². The fourth-order valence-electron chi connectivity index (χ4n) is 2.56. The van der Waals surface area contributed by atoms with E-state index < -0.39 is 42.4 Å². The number of rotatable bonds is 2. The van der Waals surface area contributed by atoms with Gasteiger partial charge in [0.1, 0.15) is 17.1 Å². The Morgan fingerprint density at radius 1 is 1.33 bits per heavy atom. The number of halogens is 2. The molecule has 1 aliphatic heterocycles. The molecular weight excluding hydrogens is 307 g/mol. The highest BCUT2D eigenvalue weighted by atomic mass is 35.5. The minimum Gasteiger partial charge on any atom is -0.395 e. The Morgan fingerprint density at radius 2 is 2.05 bits per heavy atom. The summed E-state index contributed by atoms with van der Waals surface area (Å²) in [5, 5.41) is 31.5. The van der Waals surface area contributed by atoms with Gasteiger partial charge in [-0.05, 0) is 0 Å². The molecule has 2 aromatic rings. The number of nitrogens with one attached hydrogen (secondary N) is 3. The van der Waals surface area contributed by atoms with E-state index in [1.54, 1.807) is 0 Å². The van der Waals surface area contributed by atoms with Gasteiger partial charge >= 0.3 is 0 Å². The Kier molecular flexibility index (Phi) is 4.30. The van der Waals surface area contributed by atoms with Crippen molar-refractivity contribution in [1.82, 2.24) is 20.3 Å². The molecule has 116 valence electrons. The van der Waals surface area contributed by atoms with Gasteiger partial charge in [-0.15, -0.1) is 12.4 Å². The molecule has 1 aliphatic rings. The first-order valence-electron chi connectivity index (χ1n) is 6.02. The van der Waals surface area contributed by atoms with E-state index in [9.17, 15) is 19.4 Å². The van der Waals surface area contributed by atoms with Crippen LogP contribution in [0.2, 0.25) is 0 Å². The van der Waals surface area contributed by atoms with Gasteiger partial charge in [0.05, 0.1) is 36.7 Å². The topological polar surface area (TPSA) is 134 Å². The fraction of sp³-hybridized carbons (Fsp3) is 0.455. The molecule has 0 aliphatic carbocycles. The Hall–Kier alpha value is -1.52. The predicted molar refractivity (Wildman–Crippen MR) is 72.7 cm³/mol. The highest BCUT2D eigenvalue weighted by Gasteiger charge is 2.43. The van der Waals surface area contributed by atoms with Crippen LogP contribution in [0.5, 0.6) is 0 Å². The van der Waals surface area contributed by atoms with Gasteiger partial charge in [0.2, 0.25) is 0 Å². The minimum atomic E-state index is -1.32. The van der Waals surface area contributed by atoms with Crippen LogP contribution < -0.4 is 10.9 Å². The number of hydrogen-bond acceptors (Lipinski definition) is 6. The van der Waals surface area contributed by atoms with Crippen molar-refractivity contribution in [2.24, 2.45) is 0 Å². The standard InChI is InChI=1S/C11H13FN4O4.ClH/c12-10-4(5-7(16-10)11(20)14-2-13-5)6-9(19)8(18)3(1-17)15-6;/h2-3,6,8-9,15-19H,1H2,(H,13,14,20);1H/t3-,6+,8+,9?;/m1./s1. The minimum absolute atomic E-state index is 0. The average Bonchev–Trinajstić information content (AvgIpc) is 2.90. The number of aliphatic hydroxyl groups excluding tert-OH is 3. The molecule has 8 nitrogen and oxygen atoms in total. The summed E-state index contributed by atoms with van der Waals surface area (Å²) >= 11 is 0. The molecule has 0 bridgehead atoms. The number of aliphatic hydroxyl groups is 3. The van der Waals surface area contributed by atoms with E-state index in [0.717, 1.165) is 6.33 Å². The van der Waals surface area contributed by atoms with Crippen molar-refractivity contribution in [3.63, 3.8) is 0 Å². The molecule has 1 saturated heterocycles. The van der Waals surface area contributed by atoms with Crippen molar-refractivity contribution in [1.29, 1.82) is 0 Å². The average molecular weight is 321 g/mol. The van der Waals surface area contributed by atoms with E-state index in [0.29, 0.717) is 0 Å². The van der Waals surface area contributed by atoms with Crippen LogP contribution in [-0.2, 0) is 0 Å². The van der Waals surface area contributed by atoms with E-state index in [-0.39, 0.29) is 29.0 Å². The molecule has 0 amide bonds. The molecule has 2 aromatic heterocycles. The predicted octanol–water partition coefficient (Wildman–Crippen LogP) is -1.46. The second kappa shape index (κ2) is 5.70. The molecule has 21 heavy (non-hydrogen) atoms. The van der Waals surface area contributed by atoms with E-state index in [2.05, 4.69) is 20.3 Å². The summed E-state index contributed by atoms with van der Waals surface area (Å²) in [6.07, 6.45) is -1.43. The lowest BCUT2D eigenvalue weighted by molar-refractivity contribution is 0.0192. The third-order valence-corrected chi connectivity index (χ3v) is 3.58. The lowest BCUT2D eigenvalue weighted by Gasteiger charge is -2.14. The summed E-state index contributed by atoms with van der Waals surface area (Å²) in [7, 11) is 0. The van der Waals surface area contributed by atoms with E-state index in [4.69, 9.17) is 5.11 Å². The molecule has 0 radical (unpaired) electrons. The highest BCUT2D eigenvalue weighted by Crippen LogP contribution is 2.32. The quantitative estimate of drug-likeness (QED) is 0.400. The zero-order chi connectivity index (χ0) is 14.4. The normalized spacial score (nSPS) is 28.8. The van der Waals surface area contributed by atoms with Gasteiger partial charge in [-0.3, -0.25) is 4.79 Å². The molecule has 4 atom stereocenters. The molecule has 3 heterocycles. The highest BCUT2D eigenvalue weighted by molar-refractivity contribution is 5.85. The van der Waals surface area contributed by atoms with Crippen LogP contribution in [0, 0.1) is 5.95 Å². The third-order valence-electron chi connectivity index (χ3n) is 3.58. The fourth-order valence-corrected chi connectivity index (χ4v) is 2.56. The number of aromatic nitrogens is 3. The maximum Gasteiger partial charge on any atom is 0.275 e. The lowest BCUT2D eigenvalue weighted by atomic mass is 10.0. The SMILES string of the molecule is Cl.O=c1[nH]cnc2c([C@@H]3N[C@H](CO)[C@H](O)C3O)c(F)[nH]c12. The van der Waals surface area contributed by atoms with Crippen molar-refractivity contribution >= 4 is 23.4 Å². The number of H-pyrrole nitrogens is 2. The molecule has 1 fully saturated rings. The van der Waals surface area contributed by atoms with Crippen molar-refractivity contribution in [3.8, 4) is 0 Å². The number of hydrogen-bond donors (Lipinski definition) is 6. The van der Waals surface area contributed by atoms with Crippen LogP contribution >= 0.6 is 12.4 Å². The van der Waals surface area contributed by atoms with Crippen molar-refractivity contribution in [2.45, 2.75) is 24.3 Å². The zero-order valence-corrected chi connectivity index (χ0v) is 11.4. The summed E-state index contributed by atoms with van der Waals surface area (Å²) in [5.74, 6) is -0.813. The molecular formula is C11H14ClFN4O4. The second-order valence-corrected chi connectivity index (χ2v) is 4.72. The van der Waals surface area contributed by atoms with Gasteiger partial charge in [0.25, 0.3) is 5.56 Å².